The third-order valence-corrected chi connectivity index (χ3v) is 5.62. The predicted molar refractivity (Wildman–Crippen MR) is 116 cm³/mol. The fourth-order valence-electron chi connectivity index (χ4n) is 3.95. The van der Waals surface area contributed by atoms with E-state index >= 15 is 0 Å². The number of methoxy groups -OCH3 is 2. The van der Waals surface area contributed by atoms with Gasteiger partial charge in [0.1, 0.15) is 5.82 Å². The molecule has 1 aliphatic rings. The van der Waals surface area contributed by atoms with Crippen LogP contribution in [0.15, 0.2) is 66.7 Å². The topological polar surface area (TPSA) is 76.1 Å². The molecule has 3 aromatic carbocycles. The Kier molecular flexibility index (Phi) is 5.67. The summed E-state index contributed by atoms with van der Waals surface area (Å²) in [5, 5.41) is 11.4. The number of ether oxygens (including phenoxy) is 2. The van der Waals surface area contributed by atoms with E-state index in [1.165, 1.54) is 37.3 Å². The van der Waals surface area contributed by atoms with Crippen LogP contribution in [-0.2, 0) is 16.9 Å². The van der Waals surface area contributed by atoms with Crippen LogP contribution in [0.2, 0.25) is 0 Å². The smallest absolute Gasteiger partial charge is 0.264 e. The molecule has 0 fully saturated rings. The number of nitrogens with zero attached hydrogens (tertiary/aromatic N) is 1. The minimum absolute atomic E-state index is 0.142. The Morgan fingerprint density at radius 3 is 2.38 bits per heavy atom. The van der Waals surface area contributed by atoms with E-state index < -0.39 is 23.7 Å². The molecule has 1 heterocycles. The molecule has 0 saturated heterocycles. The van der Waals surface area contributed by atoms with Crippen LogP contribution in [0.5, 0.6) is 11.5 Å². The number of carbonyl (C=O) groups is 2. The third-order valence-electron chi connectivity index (χ3n) is 5.62. The SMILES string of the molecule is COc1ccc(C(=O)C[C@@]2(O)C(=O)N(Cc3ccc(F)cc3)c3ccccc32)cc1OC. The molecule has 1 amide bonds. The van der Waals surface area contributed by atoms with Gasteiger partial charge in [0.2, 0.25) is 0 Å². The zero-order valence-electron chi connectivity index (χ0n) is 17.7. The number of anilines is 1. The Bertz CT molecular complexity index is 1180. The fourth-order valence-corrected chi connectivity index (χ4v) is 3.95. The van der Waals surface area contributed by atoms with Gasteiger partial charge >= 0.3 is 0 Å². The number of Topliss-reactive ketones (excluding diaryl/α,β-unsaturated/α-hetero) is 1. The summed E-state index contributed by atoms with van der Waals surface area (Å²) in [5.74, 6) is -0.548. The van der Waals surface area contributed by atoms with Crippen LogP contribution in [0.25, 0.3) is 0 Å². The number of halogens is 1. The summed E-state index contributed by atoms with van der Waals surface area (Å²) in [6, 6.07) is 17.3. The van der Waals surface area contributed by atoms with E-state index in [-0.39, 0.29) is 12.4 Å². The van der Waals surface area contributed by atoms with Gasteiger partial charge in [-0.25, -0.2) is 4.39 Å². The first-order valence-electron chi connectivity index (χ1n) is 10.0. The van der Waals surface area contributed by atoms with Gasteiger partial charge in [-0.2, -0.15) is 0 Å². The van der Waals surface area contributed by atoms with E-state index in [1.54, 1.807) is 48.5 Å². The van der Waals surface area contributed by atoms with Crippen LogP contribution in [0.3, 0.4) is 0 Å². The van der Waals surface area contributed by atoms with Crippen molar-refractivity contribution in [1.82, 2.24) is 0 Å². The van der Waals surface area contributed by atoms with E-state index in [0.29, 0.717) is 33.9 Å². The van der Waals surface area contributed by atoms with Gasteiger partial charge in [0.05, 0.1) is 32.9 Å². The lowest BCUT2D eigenvalue weighted by molar-refractivity contribution is -0.136. The van der Waals surface area contributed by atoms with Gasteiger partial charge < -0.3 is 19.5 Å². The van der Waals surface area contributed by atoms with E-state index in [2.05, 4.69) is 0 Å². The Balaban J connectivity index is 1.65. The van der Waals surface area contributed by atoms with Crippen LogP contribution >= 0.6 is 0 Å². The Morgan fingerprint density at radius 1 is 1.00 bits per heavy atom. The molecule has 0 aliphatic carbocycles. The molecule has 0 radical (unpaired) electrons. The molecule has 0 spiro atoms. The van der Waals surface area contributed by atoms with Crippen molar-refractivity contribution >= 4 is 17.4 Å². The maximum absolute atomic E-state index is 13.4. The highest BCUT2D eigenvalue weighted by Crippen LogP contribution is 2.43. The maximum atomic E-state index is 13.4. The minimum Gasteiger partial charge on any atom is -0.493 e. The monoisotopic (exact) mass is 435 g/mol. The zero-order chi connectivity index (χ0) is 22.9. The second-order valence-electron chi connectivity index (χ2n) is 7.56. The van der Waals surface area contributed by atoms with Crippen LogP contribution in [0.4, 0.5) is 10.1 Å². The molecule has 1 N–H and O–H groups in total. The fraction of sp³-hybridized carbons (Fsp3) is 0.200. The average Bonchev–Trinajstić information content (AvgIpc) is 3.01. The van der Waals surface area contributed by atoms with Crippen LogP contribution < -0.4 is 14.4 Å². The highest BCUT2D eigenvalue weighted by molar-refractivity contribution is 6.10. The van der Waals surface area contributed by atoms with Crippen molar-refractivity contribution in [2.45, 2.75) is 18.6 Å². The molecule has 4 rings (SSSR count). The van der Waals surface area contributed by atoms with Gasteiger partial charge in [-0.15, -0.1) is 0 Å². The Hall–Kier alpha value is -3.71. The lowest BCUT2D eigenvalue weighted by atomic mass is 9.88. The molecule has 0 bridgehead atoms. The number of amides is 1. The summed E-state index contributed by atoms with van der Waals surface area (Å²) in [4.78, 5) is 27.8. The van der Waals surface area contributed by atoms with Gasteiger partial charge in [0, 0.05) is 11.1 Å². The number of aliphatic hydroxyl groups is 1. The Morgan fingerprint density at radius 2 is 1.69 bits per heavy atom. The number of hydrogen-bond acceptors (Lipinski definition) is 5. The second-order valence-corrected chi connectivity index (χ2v) is 7.56. The number of hydrogen-bond donors (Lipinski definition) is 1. The van der Waals surface area contributed by atoms with Crippen LogP contribution in [0.1, 0.15) is 27.9 Å². The first kappa shape index (κ1) is 21.5. The highest BCUT2D eigenvalue weighted by Gasteiger charge is 2.50. The summed E-state index contributed by atoms with van der Waals surface area (Å²) in [6.07, 6.45) is -0.432. The minimum atomic E-state index is -2.01. The number of para-hydroxylation sites is 1. The average molecular weight is 435 g/mol. The molecule has 3 aromatic rings. The van der Waals surface area contributed by atoms with Crippen molar-refractivity contribution in [2.75, 3.05) is 19.1 Å². The van der Waals surface area contributed by atoms with E-state index in [0.717, 1.165) is 0 Å². The normalized spacial score (nSPS) is 17.2. The predicted octanol–water partition coefficient (Wildman–Crippen LogP) is 3.85. The molecule has 0 saturated carbocycles. The van der Waals surface area contributed by atoms with Crippen LogP contribution in [0, 0.1) is 5.82 Å². The summed E-state index contributed by atoms with van der Waals surface area (Å²) >= 11 is 0. The van der Waals surface area contributed by atoms with Crippen molar-refractivity contribution < 1.29 is 28.6 Å². The Labute approximate surface area is 184 Å². The molecule has 0 aromatic heterocycles. The summed E-state index contributed by atoms with van der Waals surface area (Å²) in [5.41, 5.74) is -0.144. The molecule has 6 nitrogen and oxygen atoms in total. The first-order valence-corrected chi connectivity index (χ1v) is 10.0. The van der Waals surface area contributed by atoms with Crippen LogP contribution in [-0.4, -0.2) is 31.0 Å². The summed E-state index contributed by atoms with van der Waals surface area (Å²) in [7, 11) is 2.95. The highest BCUT2D eigenvalue weighted by atomic mass is 19.1. The number of rotatable bonds is 7. The largest absolute Gasteiger partial charge is 0.493 e. The summed E-state index contributed by atoms with van der Waals surface area (Å²) < 4.78 is 23.7. The maximum Gasteiger partial charge on any atom is 0.264 e. The molecule has 1 aliphatic heterocycles. The van der Waals surface area contributed by atoms with Gasteiger partial charge in [0.15, 0.2) is 22.9 Å². The molecular formula is C25H22FNO5. The van der Waals surface area contributed by atoms with E-state index in [1.807, 2.05) is 0 Å². The second kappa shape index (κ2) is 8.43. The lowest BCUT2D eigenvalue weighted by Crippen LogP contribution is -2.41. The van der Waals surface area contributed by atoms with Crippen molar-refractivity contribution in [2.24, 2.45) is 0 Å². The number of ketones is 1. The lowest BCUT2D eigenvalue weighted by Gasteiger charge is -2.23. The zero-order valence-corrected chi connectivity index (χ0v) is 17.7. The molecule has 32 heavy (non-hydrogen) atoms. The van der Waals surface area contributed by atoms with Gasteiger partial charge in [-0.05, 0) is 42.0 Å². The van der Waals surface area contributed by atoms with Gasteiger partial charge in [-0.3, -0.25) is 9.59 Å². The van der Waals surface area contributed by atoms with Crippen molar-refractivity contribution in [3.05, 3.63) is 89.2 Å². The standard InChI is InChI=1S/C25H22FNO5/c1-31-22-12-9-17(13-23(22)32-2)21(28)14-25(30)19-5-3-4-6-20(19)27(24(25)29)15-16-7-10-18(26)11-8-16/h3-13,30H,14-15H2,1-2H3/t25-/m0/s1. The van der Waals surface area contributed by atoms with Gasteiger partial charge in [-0.1, -0.05) is 30.3 Å². The number of benzene rings is 3. The van der Waals surface area contributed by atoms with Crippen molar-refractivity contribution in [3.63, 3.8) is 0 Å². The third kappa shape index (κ3) is 3.71. The first-order chi connectivity index (χ1) is 15.4. The molecule has 7 heteroatoms. The van der Waals surface area contributed by atoms with Gasteiger partial charge in [0.25, 0.3) is 5.91 Å². The number of carbonyl (C=O) groups excluding carboxylic acids is 2. The summed E-state index contributed by atoms with van der Waals surface area (Å²) in [6.45, 7) is 0.142. The molecule has 1 atom stereocenters. The molecular weight excluding hydrogens is 413 g/mol. The quantitative estimate of drug-likeness (QED) is 0.571. The van der Waals surface area contributed by atoms with E-state index in [4.69, 9.17) is 9.47 Å². The number of fused-ring (bicyclic) bond motifs is 1. The molecule has 0 unspecified atom stereocenters. The molecule has 164 valence electrons. The van der Waals surface area contributed by atoms with Crippen molar-refractivity contribution in [1.29, 1.82) is 0 Å². The van der Waals surface area contributed by atoms with Crippen molar-refractivity contribution in [3.8, 4) is 11.5 Å². The van der Waals surface area contributed by atoms with E-state index in [9.17, 15) is 19.1 Å².